The average Bonchev–Trinajstić information content (AvgIpc) is 3.17. The van der Waals surface area contributed by atoms with E-state index in [1.54, 1.807) is 6.26 Å². The van der Waals surface area contributed by atoms with E-state index in [1.807, 2.05) is 36.4 Å². The standard InChI is InChI=1S/C19H23BrN2O3/c20-15-6-8-16(9-7-15)25-14-19(23)21-13-17(18-5-4-12-24-18)22-10-2-1-3-11-22/h4-9,12,17H,1-3,10-11,13-14H2,(H,21,23)/t17-/m0/s1. The fraction of sp³-hybridized carbons (Fsp3) is 0.421. The number of ether oxygens (including phenoxy) is 1. The van der Waals surface area contributed by atoms with Crippen LogP contribution in [-0.4, -0.2) is 37.0 Å². The Bertz CT molecular complexity index is 652. The zero-order chi connectivity index (χ0) is 17.5. The lowest BCUT2D eigenvalue weighted by Crippen LogP contribution is -2.41. The number of hydrogen-bond acceptors (Lipinski definition) is 4. The topological polar surface area (TPSA) is 54.7 Å². The van der Waals surface area contributed by atoms with E-state index in [4.69, 9.17) is 9.15 Å². The van der Waals surface area contributed by atoms with Gasteiger partial charge in [-0.05, 0) is 62.3 Å². The number of furan rings is 1. The highest BCUT2D eigenvalue weighted by Crippen LogP contribution is 2.24. The molecule has 1 amide bonds. The molecule has 1 aromatic carbocycles. The SMILES string of the molecule is O=C(COc1ccc(Br)cc1)NC[C@@H](c1ccco1)N1CCCCC1. The first kappa shape index (κ1) is 18.0. The fourth-order valence-corrected chi connectivity index (χ4v) is 3.33. The number of carbonyl (C=O) groups is 1. The van der Waals surface area contributed by atoms with E-state index in [1.165, 1.54) is 19.3 Å². The fourth-order valence-electron chi connectivity index (χ4n) is 3.06. The van der Waals surface area contributed by atoms with Crippen LogP contribution in [0.4, 0.5) is 0 Å². The molecule has 25 heavy (non-hydrogen) atoms. The van der Waals surface area contributed by atoms with Gasteiger partial charge in [0, 0.05) is 11.0 Å². The summed E-state index contributed by atoms with van der Waals surface area (Å²) < 4.78 is 12.1. The Morgan fingerprint density at radius 1 is 1.20 bits per heavy atom. The van der Waals surface area contributed by atoms with Crippen molar-refractivity contribution in [3.8, 4) is 5.75 Å². The van der Waals surface area contributed by atoms with Crippen LogP contribution in [0.2, 0.25) is 0 Å². The number of piperidine rings is 1. The number of amides is 1. The van der Waals surface area contributed by atoms with Crippen LogP contribution >= 0.6 is 15.9 Å². The molecule has 1 aliphatic rings. The second-order valence-electron chi connectivity index (χ2n) is 6.17. The minimum Gasteiger partial charge on any atom is -0.484 e. The zero-order valence-electron chi connectivity index (χ0n) is 14.1. The molecule has 0 saturated carbocycles. The second-order valence-corrected chi connectivity index (χ2v) is 7.09. The van der Waals surface area contributed by atoms with E-state index < -0.39 is 0 Å². The zero-order valence-corrected chi connectivity index (χ0v) is 15.7. The van der Waals surface area contributed by atoms with Crippen molar-refractivity contribution in [3.63, 3.8) is 0 Å². The molecule has 1 aliphatic heterocycles. The van der Waals surface area contributed by atoms with Gasteiger partial charge in [0.15, 0.2) is 6.61 Å². The summed E-state index contributed by atoms with van der Waals surface area (Å²) in [7, 11) is 0. The van der Waals surface area contributed by atoms with Crippen molar-refractivity contribution in [3.05, 3.63) is 52.9 Å². The molecule has 2 aromatic rings. The average molecular weight is 407 g/mol. The first-order valence-electron chi connectivity index (χ1n) is 8.65. The van der Waals surface area contributed by atoms with Crippen LogP contribution < -0.4 is 10.1 Å². The molecule has 1 atom stereocenters. The maximum atomic E-state index is 12.1. The Kier molecular flexibility index (Phi) is 6.53. The monoisotopic (exact) mass is 406 g/mol. The van der Waals surface area contributed by atoms with Crippen LogP contribution in [-0.2, 0) is 4.79 Å². The number of likely N-dealkylation sites (tertiary alicyclic amines) is 1. The Hall–Kier alpha value is -1.79. The maximum absolute atomic E-state index is 12.1. The summed E-state index contributed by atoms with van der Waals surface area (Å²) in [6.45, 7) is 2.61. The molecule has 5 nitrogen and oxygen atoms in total. The highest BCUT2D eigenvalue weighted by Gasteiger charge is 2.24. The lowest BCUT2D eigenvalue weighted by molar-refractivity contribution is -0.123. The van der Waals surface area contributed by atoms with E-state index >= 15 is 0 Å². The molecule has 1 aromatic heterocycles. The van der Waals surface area contributed by atoms with Crippen molar-refractivity contribution < 1.29 is 13.9 Å². The smallest absolute Gasteiger partial charge is 0.258 e. The first-order chi connectivity index (χ1) is 12.2. The van der Waals surface area contributed by atoms with E-state index in [2.05, 4.69) is 26.1 Å². The number of halogens is 1. The molecule has 0 bridgehead atoms. The summed E-state index contributed by atoms with van der Waals surface area (Å²) in [6.07, 6.45) is 5.34. The van der Waals surface area contributed by atoms with Gasteiger partial charge in [-0.15, -0.1) is 0 Å². The highest BCUT2D eigenvalue weighted by atomic mass is 79.9. The van der Waals surface area contributed by atoms with Crippen LogP contribution in [0.25, 0.3) is 0 Å². The number of benzene rings is 1. The minimum absolute atomic E-state index is 0.00646. The Balaban J connectivity index is 1.51. The summed E-state index contributed by atoms with van der Waals surface area (Å²) >= 11 is 3.37. The lowest BCUT2D eigenvalue weighted by atomic mass is 10.1. The van der Waals surface area contributed by atoms with Crippen molar-refractivity contribution in [1.82, 2.24) is 10.2 Å². The first-order valence-corrected chi connectivity index (χ1v) is 9.44. The molecule has 2 heterocycles. The molecule has 1 fully saturated rings. The van der Waals surface area contributed by atoms with Gasteiger partial charge in [-0.25, -0.2) is 0 Å². The van der Waals surface area contributed by atoms with Crippen LogP contribution in [0.1, 0.15) is 31.1 Å². The summed E-state index contributed by atoms with van der Waals surface area (Å²) in [5.41, 5.74) is 0. The van der Waals surface area contributed by atoms with Gasteiger partial charge in [0.2, 0.25) is 0 Å². The van der Waals surface area contributed by atoms with Crippen molar-refractivity contribution in [2.45, 2.75) is 25.3 Å². The normalized spacial score (nSPS) is 16.4. The van der Waals surface area contributed by atoms with Gasteiger partial charge in [0.25, 0.3) is 5.91 Å². The molecule has 0 spiro atoms. The van der Waals surface area contributed by atoms with Crippen molar-refractivity contribution in [2.24, 2.45) is 0 Å². The van der Waals surface area contributed by atoms with Crippen molar-refractivity contribution >= 4 is 21.8 Å². The molecular weight excluding hydrogens is 384 g/mol. The predicted molar refractivity (Wildman–Crippen MR) is 99.5 cm³/mol. The predicted octanol–water partition coefficient (Wildman–Crippen LogP) is 3.76. The second kappa shape index (κ2) is 9.06. The molecule has 1 saturated heterocycles. The van der Waals surface area contributed by atoms with Crippen LogP contribution in [0.15, 0.2) is 51.6 Å². The van der Waals surface area contributed by atoms with E-state index in [0.717, 1.165) is 23.3 Å². The number of rotatable bonds is 7. The van der Waals surface area contributed by atoms with Gasteiger partial charge >= 0.3 is 0 Å². The molecular formula is C19H23BrN2O3. The third kappa shape index (κ3) is 5.34. The number of hydrogen-bond donors (Lipinski definition) is 1. The molecule has 0 aliphatic carbocycles. The van der Waals surface area contributed by atoms with Gasteiger partial charge in [0.05, 0.1) is 12.3 Å². The van der Waals surface area contributed by atoms with Crippen molar-refractivity contribution in [1.29, 1.82) is 0 Å². The lowest BCUT2D eigenvalue weighted by Gasteiger charge is -2.33. The van der Waals surface area contributed by atoms with Gasteiger partial charge < -0.3 is 14.5 Å². The van der Waals surface area contributed by atoms with Gasteiger partial charge in [-0.1, -0.05) is 22.4 Å². The number of nitrogens with zero attached hydrogens (tertiary/aromatic N) is 1. The van der Waals surface area contributed by atoms with Crippen LogP contribution in [0.5, 0.6) is 5.75 Å². The van der Waals surface area contributed by atoms with E-state index in [9.17, 15) is 4.79 Å². The number of carbonyl (C=O) groups excluding carboxylic acids is 1. The molecule has 0 radical (unpaired) electrons. The molecule has 134 valence electrons. The van der Waals surface area contributed by atoms with Gasteiger partial charge in [-0.3, -0.25) is 9.69 Å². The summed E-state index contributed by atoms with van der Waals surface area (Å²) in [5.74, 6) is 1.45. The number of nitrogens with one attached hydrogen (secondary N) is 1. The minimum atomic E-state index is -0.128. The summed E-state index contributed by atoms with van der Waals surface area (Å²) in [4.78, 5) is 14.5. The molecule has 6 heteroatoms. The Morgan fingerprint density at radius 2 is 1.96 bits per heavy atom. The van der Waals surface area contributed by atoms with Crippen LogP contribution in [0, 0.1) is 0 Å². The Labute approximate surface area is 156 Å². The maximum Gasteiger partial charge on any atom is 0.258 e. The Morgan fingerprint density at radius 3 is 2.64 bits per heavy atom. The molecule has 3 rings (SSSR count). The largest absolute Gasteiger partial charge is 0.484 e. The van der Waals surface area contributed by atoms with E-state index in [-0.39, 0.29) is 18.6 Å². The van der Waals surface area contributed by atoms with Crippen molar-refractivity contribution in [2.75, 3.05) is 26.2 Å². The quantitative estimate of drug-likeness (QED) is 0.760. The third-order valence-corrected chi connectivity index (χ3v) is 4.91. The van der Waals surface area contributed by atoms with Crippen LogP contribution in [0.3, 0.4) is 0 Å². The summed E-state index contributed by atoms with van der Waals surface area (Å²) in [6, 6.07) is 11.4. The van der Waals surface area contributed by atoms with Gasteiger partial charge in [0.1, 0.15) is 11.5 Å². The van der Waals surface area contributed by atoms with Gasteiger partial charge in [-0.2, -0.15) is 0 Å². The highest BCUT2D eigenvalue weighted by molar-refractivity contribution is 9.10. The summed E-state index contributed by atoms with van der Waals surface area (Å²) in [5, 5.41) is 2.98. The molecule has 1 N–H and O–H groups in total. The van der Waals surface area contributed by atoms with E-state index in [0.29, 0.717) is 12.3 Å². The molecule has 0 unspecified atom stereocenters. The third-order valence-electron chi connectivity index (χ3n) is 4.38.